The van der Waals surface area contributed by atoms with Crippen LogP contribution in [0.15, 0.2) is 5.11 Å². The second kappa shape index (κ2) is 7.21. The highest BCUT2D eigenvalue weighted by Gasteiger charge is 2.34. The van der Waals surface area contributed by atoms with Gasteiger partial charge < -0.3 is 9.29 Å². The first kappa shape index (κ1) is 14.9. The van der Waals surface area contributed by atoms with Gasteiger partial charge in [0.25, 0.3) is 0 Å². The van der Waals surface area contributed by atoms with Crippen molar-refractivity contribution in [2.24, 2.45) is 10.5 Å². The van der Waals surface area contributed by atoms with E-state index in [2.05, 4.69) is 10.0 Å². The highest BCUT2D eigenvalue weighted by Crippen LogP contribution is 2.24. The Hall–Kier alpha value is -1.11. The van der Waals surface area contributed by atoms with E-state index in [4.69, 9.17) is 10.3 Å². The number of hydrogen-bond acceptors (Lipinski definition) is 5. The predicted octanol–water partition coefficient (Wildman–Crippen LogP) is 1.14. The standard InChI is InChI=1S/C8H15N3O4S/c1-3-15-7(12)8(2,6-16(13)14)4-5-10-11-9/h3-6H2,1-2H3,(H,13,14)/p-1/t8-/m0/s1. The van der Waals surface area contributed by atoms with Crippen molar-refractivity contribution in [2.45, 2.75) is 20.3 Å². The lowest BCUT2D eigenvalue weighted by Gasteiger charge is -2.27. The highest BCUT2D eigenvalue weighted by molar-refractivity contribution is 7.79. The maximum absolute atomic E-state index is 11.6. The Morgan fingerprint density at radius 1 is 1.69 bits per heavy atom. The fourth-order valence-corrected chi connectivity index (χ4v) is 1.92. The number of rotatable bonds is 7. The number of nitrogens with zero attached hydrogens (tertiary/aromatic N) is 3. The number of carbonyl (C=O) groups excluding carboxylic acids is 1. The van der Waals surface area contributed by atoms with E-state index in [-0.39, 0.29) is 25.3 Å². The number of carbonyl (C=O) groups is 1. The molecule has 0 amide bonds. The molecule has 0 fully saturated rings. The molecule has 0 aromatic heterocycles. The monoisotopic (exact) mass is 248 g/mol. The van der Waals surface area contributed by atoms with Crippen LogP contribution in [0.1, 0.15) is 20.3 Å². The van der Waals surface area contributed by atoms with E-state index in [9.17, 15) is 13.6 Å². The maximum atomic E-state index is 11.6. The van der Waals surface area contributed by atoms with Crippen LogP contribution >= 0.6 is 0 Å². The van der Waals surface area contributed by atoms with Gasteiger partial charge in [-0.25, -0.2) is 0 Å². The third-order valence-electron chi connectivity index (χ3n) is 2.03. The summed E-state index contributed by atoms with van der Waals surface area (Å²) < 4.78 is 26.1. The van der Waals surface area contributed by atoms with Gasteiger partial charge in [0.05, 0.1) is 12.0 Å². The molecule has 0 radical (unpaired) electrons. The zero-order valence-corrected chi connectivity index (χ0v) is 10.0. The minimum atomic E-state index is -2.35. The van der Waals surface area contributed by atoms with E-state index >= 15 is 0 Å². The Balaban J connectivity index is 4.64. The Kier molecular flexibility index (Phi) is 6.71. The first-order valence-electron chi connectivity index (χ1n) is 4.70. The number of hydrogen-bond donors (Lipinski definition) is 0. The minimum Gasteiger partial charge on any atom is -0.772 e. The molecule has 0 aromatic rings. The van der Waals surface area contributed by atoms with Crippen molar-refractivity contribution in [1.29, 1.82) is 0 Å². The molecule has 0 aromatic carbocycles. The van der Waals surface area contributed by atoms with Gasteiger partial charge in [0.15, 0.2) is 0 Å². The quantitative estimate of drug-likeness (QED) is 0.221. The molecule has 0 heterocycles. The third-order valence-corrected chi connectivity index (χ3v) is 2.90. The molecule has 0 aliphatic carbocycles. The molecule has 0 saturated heterocycles. The van der Waals surface area contributed by atoms with Crippen LogP contribution in [0.2, 0.25) is 0 Å². The summed E-state index contributed by atoms with van der Waals surface area (Å²) in [5.41, 5.74) is 6.95. The second-order valence-corrected chi connectivity index (χ2v) is 4.33. The van der Waals surface area contributed by atoms with Crippen LogP contribution in [-0.2, 0) is 20.6 Å². The maximum Gasteiger partial charge on any atom is 0.312 e. The molecule has 0 bridgehead atoms. The van der Waals surface area contributed by atoms with Crippen LogP contribution in [0.5, 0.6) is 0 Å². The molecule has 16 heavy (non-hydrogen) atoms. The average Bonchev–Trinajstić information content (AvgIpc) is 2.17. The fourth-order valence-electron chi connectivity index (χ4n) is 1.14. The van der Waals surface area contributed by atoms with Crippen molar-refractivity contribution < 1.29 is 18.3 Å². The van der Waals surface area contributed by atoms with Crippen LogP contribution in [0.4, 0.5) is 0 Å². The van der Waals surface area contributed by atoms with Gasteiger partial charge in [0.1, 0.15) is 0 Å². The SMILES string of the molecule is CCOC(=O)[C@@](C)(CCN=[N+]=[N-])CS(=O)[O-]. The molecule has 0 aliphatic rings. The summed E-state index contributed by atoms with van der Waals surface area (Å²) in [7, 11) is 0. The lowest BCUT2D eigenvalue weighted by molar-refractivity contribution is -0.153. The van der Waals surface area contributed by atoms with Crippen molar-refractivity contribution >= 4 is 17.0 Å². The molecule has 0 aliphatic heterocycles. The molecule has 7 nitrogen and oxygen atoms in total. The lowest BCUT2D eigenvalue weighted by atomic mass is 9.89. The first-order chi connectivity index (χ1) is 7.46. The third kappa shape index (κ3) is 5.11. The summed E-state index contributed by atoms with van der Waals surface area (Å²) in [6, 6.07) is 0. The van der Waals surface area contributed by atoms with Gasteiger partial charge in [-0.2, -0.15) is 0 Å². The van der Waals surface area contributed by atoms with E-state index < -0.39 is 22.5 Å². The van der Waals surface area contributed by atoms with Gasteiger partial charge in [-0.3, -0.25) is 9.00 Å². The summed E-state index contributed by atoms with van der Waals surface area (Å²) in [6.45, 7) is 3.36. The van der Waals surface area contributed by atoms with Crippen LogP contribution in [-0.4, -0.2) is 33.6 Å². The molecule has 0 spiro atoms. The number of azide groups is 1. The van der Waals surface area contributed by atoms with E-state index in [0.29, 0.717) is 0 Å². The van der Waals surface area contributed by atoms with Gasteiger partial charge in [0, 0.05) is 17.2 Å². The molecular formula is C8H14N3O4S-. The summed E-state index contributed by atoms with van der Waals surface area (Å²) in [4.78, 5) is 14.1. The second-order valence-electron chi connectivity index (χ2n) is 3.43. The van der Waals surface area contributed by atoms with Crippen LogP contribution in [0, 0.1) is 5.41 Å². The van der Waals surface area contributed by atoms with Crippen LogP contribution in [0.25, 0.3) is 10.4 Å². The largest absolute Gasteiger partial charge is 0.772 e. The van der Waals surface area contributed by atoms with Gasteiger partial charge in [-0.1, -0.05) is 16.2 Å². The van der Waals surface area contributed by atoms with Crippen LogP contribution < -0.4 is 0 Å². The summed E-state index contributed by atoms with van der Waals surface area (Å²) in [6.07, 6.45) is 0.143. The first-order valence-corrected chi connectivity index (χ1v) is 5.94. The molecular weight excluding hydrogens is 234 g/mol. The van der Waals surface area contributed by atoms with Crippen molar-refractivity contribution in [3.63, 3.8) is 0 Å². The van der Waals surface area contributed by atoms with Crippen molar-refractivity contribution in [1.82, 2.24) is 0 Å². The van der Waals surface area contributed by atoms with Crippen molar-refractivity contribution in [3.05, 3.63) is 10.4 Å². The van der Waals surface area contributed by atoms with Gasteiger partial charge in [-0.05, 0) is 25.8 Å². The summed E-state index contributed by atoms with van der Waals surface area (Å²) in [5.74, 6) is -0.931. The van der Waals surface area contributed by atoms with Crippen molar-refractivity contribution in [3.8, 4) is 0 Å². The van der Waals surface area contributed by atoms with Gasteiger partial charge in [-0.15, -0.1) is 0 Å². The van der Waals surface area contributed by atoms with Crippen LogP contribution in [0.3, 0.4) is 0 Å². The smallest absolute Gasteiger partial charge is 0.312 e. The zero-order chi connectivity index (χ0) is 12.6. The summed E-state index contributed by atoms with van der Waals surface area (Å²) in [5, 5.41) is 3.28. The number of esters is 1. The Morgan fingerprint density at radius 2 is 2.31 bits per heavy atom. The average molecular weight is 248 g/mol. The van der Waals surface area contributed by atoms with Gasteiger partial charge in [0.2, 0.25) is 0 Å². The van der Waals surface area contributed by atoms with E-state index in [1.807, 2.05) is 0 Å². The molecule has 0 saturated carbocycles. The normalized spacial score (nSPS) is 15.7. The molecule has 8 heteroatoms. The lowest BCUT2D eigenvalue weighted by Crippen LogP contribution is -2.36. The zero-order valence-electron chi connectivity index (χ0n) is 9.21. The van der Waals surface area contributed by atoms with E-state index in [0.717, 1.165) is 0 Å². The van der Waals surface area contributed by atoms with Gasteiger partial charge >= 0.3 is 5.97 Å². The Morgan fingerprint density at radius 3 is 2.75 bits per heavy atom. The molecule has 1 unspecified atom stereocenters. The molecule has 0 N–H and O–H groups in total. The molecule has 2 atom stereocenters. The highest BCUT2D eigenvalue weighted by atomic mass is 32.2. The predicted molar refractivity (Wildman–Crippen MR) is 57.2 cm³/mol. The Labute approximate surface area is 96.1 Å². The number of ether oxygens (including phenoxy) is 1. The Bertz CT molecular complexity index is 316. The van der Waals surface area contributed by atoms with E-state index in [1.165, 1.54) is 6.92 Å². The minimum absolute atomic E-state index is 0.0585. The van der Waals surface area contributed by atoms with E-state index in [1.54, 1.807) is 6.92 Å². The molecule has 92 valence electrons. The van der Waals surface area contributed by atoms with Crippen molar-refractivity contribution in [2.75, 3.05) is 18.9 Å². The molecule has 0 rings (SSSR count). The summed E-state index contributed by atoms with van der Waals surface area (Å²) >= 11 is -2.35. The fraction of sp³-hybridized carbons (Fsp3) is 0.875. The topological polar surface area (TPSA) is 115 Å².